The van der Waals surface area contributed by atoms with Crippen molar-refractivity contribution in [3.8, 4) is 11.3 Å². The smallest absolute Gasteiger partial charge is 0.277 e. The van der Waals surface area contributed by atoms with Gasteiger partial charge in [-0.1, -0.05) is 29.3 Å². The molecule has 11 nitrogen and oxygen atoms in total. The van der Waals surface area contributed by atoms with Crippen molar-refractivity contribution in [2.24, 2.45) is 5.92 Å². The number of nitrogens with one attached hydrogen (secondary N) is 2. The first-order valence-electron chi connectivity index (χ1n) is 13.7. The van der Waals surface area contributed by atoms with Crippen molar-refractivity contribution in [1.82, 2.24) is 20.4 Å². The average molecular weight is 656 g/mol. The predicted octanol–water partition coefficient (Wildman–Crippen LogP) is 5.30. The summed E-state index contributed by atoms with van der Waals surface area (Å²) in [7, 11) is -3.64. The zero-order valence-corrected chi connectivity index (χ0v) is 25.6. The summed E-state index contributed by atoms with van der Waals surface area (Å²) in [5.74, 6) is -0.577. The van der Waals surface area contributed by atoms with E-state index in [2.05, 4.69) is 20.3 Å². The van der Waals surface area contributed by atoms with E-state index in [1.54, 1.807) is 30.5 Å². The number of amides is 2. The second-order valence-electron chi connectivity index (χ2n) is 10.3. The first-order valence-corrected chi connectivity index (χ1v) is 16.1. The number of carbonyl (C=O) groups is 2. The summed E-state index contributed by atoms with van der Waals surface area (Å²) < 4.78 is 26.3. The summed E-state index contributed by atoms with van der Waals surface area (Å²) in [5, 5.41) is 12.0. The molecule has 1 saturated heterocycles. The zero-order chi connectivity index (χ0) is 31.3. The summed E-state index contributed by atoms with van der Waals surface area (Å²) in [4.78, 5) is 39.2. The number of pyridine rings is 1. The van der Waals surface area contributed by atoms with Gasteiger partial charge in [0.25, 0.3) is 11.8 Å². The Hall–Kier alpha value is -4.10. The lowest BCUT2D eigenvalue weighted by Crippen LogP contribution is -2.35. The topological polar surface area (TPSA) is 154 Å². The van der Waals surface area contributed by atoms with Crippen LogP contribution in [-0.4, -0.2) is 59.2 Å². The van der Waals surface area contributed by atoms with E-state index >= 15 is 0 Å². The molecule has 0 unspecified atom stereocenters. The number of nitrogens with zero attached hydrogens (tertiary/aromatic N) is 4. The molecule has 0 atom stereocenters. The number of halogens is 2. The largest absolute Gasteiger partial charge is 0.341 e. The highest BCUT2D eigenvalue weighted by Gasteiger charge is 2.25. The lowest BCUT2D eigenvalue weighted by Gasteiger charge is -2.31. The third-order valence-corrected chi connectivity index (χ3v) is 9.79. The van der Waals surface area contributed by atoms with E-state index in [4.69, 9.17) is 28.4 Å². The molecule has 0 aliphatic carbocycles. The number of sulfone groups is 1. The van der Waals surface area contributed by atoms with E-state index in [0.29, 0.717) is 47.4 Å². The summed E-state index contributed by atoms with van der Waals surface area (Å²) in [5.41, 5.74) is 3.61. The summed E-state index contributed by atoms with van der Waals surface area (Å²) in [6, 6.07) is 14.6. The fourth-order valence-corrected chi connectivity index (χ4v) is 6.92. The van der Waals surface area contributed by atoms with Gasteiger partial charge in [0, 0.05) is 42.9 Å². The number of hydrogen-bond donors (Lipinski definition) is 3. The van der Waals surface area contributed by atoms with Crippen molar-refractivity contribution in [3.63, 3.8) is 0 Å². The van der Waals surface area contributed by atoms with Crippen molar-refractivity contribution >= 4 is 56.5 Å². The molecule has 1 aliphatic heterocycles. The fourth-order valence-electron chi connectivity index (χ4n) is 4.92. The molecule has 3 N–H and O–H groups in total. The molecule has 0 radical (unpaired) electrons. The van der Waals surface area contributed by atoms with Gasteiger partial charge in [-0.15, -0.1) is 0 Å². The number of aromatic nitrogens is 3. The van der Waals surface area contributed by atoms with E-state index in [0.717, 1.165) is 12.8 Å². The van der Waals surface area contributed by atoms with Crippen LogP contribution in [0.5, 0.6) is 0 Å². The number of hydrogen-bond acceptors (Lipinski definition) is 9. The molecule has 1 fully saturated rings. The van der Waals surface area contributed by atoms with Crippen molar-refractivity contribution in [2.45, 2.75) is 24.2 Å². The molecular formula is C30H28Cl2N6O5S. The van der Waals surface area contributed by atoms with Crippen LogP contribution in [0, 0.1) is 5.92 Å². The molecular weight excluding hydrogens is 627 g/mol. The van der Waals surface area contributed by atoms with Gasteiger partial charge in [0.15, 0.2) is 9.84 Å². The molecule has 3 heterocycles. The van der Waals surface area contributed by atoms with Crippen LogP contribution in [0.2, 0.25) is 10.0 Å². The van der Waals surface area contributed by atoms with E-state index in [1.165, 1.54) is 36.1 Å². The van der Waals surface area contributed by atoms with Gasteiger partial charge >= 0.3 is 0 Å². The van der Waals surface area contributed by atoms with E-state index in [1.807, 2.05) is 17.0 Å². The molecule has 0 spiro atoms. The second-order valence-corrected chi connectivity index (χ2v) is 13.2. The Kier molecular flexibility index (Phi) is 9.74. The lowest BCUT2D eigenvalue weighted by atomic mass is 9.94. The molecule has 0 bridgehead atoms. The van der Waals surface area contributed by atoms with Gasteiger partial charge in [-0.2, -0.15) is 0 Å². The molecule has 14 heteroatoms. The van der Waals surface area contributed by atoms with Crippen LogP contribution < -0.4 is 15.7 Å². The Balaban J connectivity index is 1.17. The number of piperidine rings is 1. The minimum Gasteiger partial charge on any atom is -0.341 e. The van der Waals surface area contributed by atoms with Gasteiger partial charge in [-0.05, 0) is 73.7 Å². The van der Waals surface area contributed by atoms with Crippen LogP contribution in [0.3, 0.4) is 0 Å². The Morgan fingerprint density at radius 3 is 2.34 bits per heavy atom. The van der Waals surface area contributed by atoms with E-state index in [9.17, 15) is 18.0 Å². The molecule has 5 rings (SSSR count). The molecule has 2 aromatic carbocycles. The number of carbonyl (C=O) groups excluding carboxylic acids is 2. The molecule has 2 aromatic heterocycles. The highest BCUT2D eigenvalue weighted by molar-refractivity contribution is 7.91. The summed E-state index contributed by atoms with van der Waals surface area (Å²) in [6.45, 7) is 1.28. The van der Waals surface area contributed by atoms with E-state index in [-0.39, 0.29) is 32.7 Å². The first kappa shape index (κ1) is 31.3. The number of rotatable bonds is 9. The van der Waals surface area contributed by atoms with E-state index < -0.39 is 21.7 Å². The normalized spacial score (nSPS) is 13.8. The molecule has 0 saturated carbocycles. The first-order chi connectivity index (χ1) is 21.1. The maximum absolute atomic E-state index is 13.1. The monoisotopic (exact) mass is 654 g/mol. The maximum Gasteiger partial charge on any atom is 0.277 e. The minimum absolute atomic E-state index is 0.0262. The van der Waals surface area contributed by atoms with Crippen LogP contribution in [0.1, 0.15) is 40.0 Å². The SMILES string of the molecule is O=C(NO)c1cnc(N2CCC(CCS(=O)(=O)c3ccc(C(=O)Nc4ccc(Cl)c(-c5ccccn5)c4)c(Cl)c3)CC2)nc1. The standard InChI is InChI=1S/C30H28Cl2N6O5S/c31-25-7-4-21(15-24(25)27-3-1-2-11-33-27)36-29(40)23-6-5-22(16-26(23)32)44(42,43)14-10-19-8-12-38(13-9-19)30-34-17-20(18-35-30)28(39)37-41/h1-7,11,15-19,41H,8-10,12-14H2,(H,36,40)(H,37,39). The molecule has 44 heavy (non-hydrogen) atoms. The van der Waals surface area contributed by atoms with Crippen molar-refractivity contribution in [3.05, 3.63) is 94.4 Å². The predicted molar refractivity (Wildman–Crippen MR) is 167 cm³/mol. The van der Waals surface area contributed by atoms with Gasteiger partial charge < -0.3 is 10.2 Å². The van der Waals surface area contributed by atoms with Crippen LogP contribution in [0.4, 0.5) is 11.6 Å². The Morgan fingerprint density at radius 1 is 0.932 bits per heavy atom. The van der Waals surface area contributed by atoms with Gasteiger partial charge in [0.05, 0.1) is 37.5 Å². The molecule has 228 valence electrons. The summed E-state index contributed by atoms with van der Waals surface area (Å²) >= 11 is 12.7. The Labute approximate surface area is 264 Å². The Morgan fingerprint density at radius 2 is 1.68 bits per heavy atom. The maximum atomic E-state index is 13.1. The highest BCUT2D eigenvalue weighted by Crippen LogP contribution is 2.31. The van der Waals surface area contributed by atoms with Crippen molar-refractivity contribution in [1.29, 1.82) is 0 Å². The Bertz CT molecular complexity index is 1770. The average Bonchev–Trinajstić information content (AvgIpc) is 3.05. The molecule has 2 amide bonds. The highest BCUT2D eigenvalue weighted by atomic mass is 35.5. The number of benzene rings is 2. The van der Waals surface area contributed by atoms with Crippen LogP contribution in [-0.2, 0) is 9.84 Å². The minimum atomic E-state index is -3.64. The second kappa shape index (κ2) is 13.7. The van der Waals surface area contributed by atoms with Crippen molar-refractivity contribution < 1.29 is 23.2 Å². The van der Waals surface area contributed by atoms with Gasteiger partial charge in [-0.25, -0.2) is 23.9 Å². The van der Waals surface area contributed by atoms with Crippen LogP contribution in [0.15, 0.2) is 78.1 Å². The summed E-state index contributed by atoms with van der Waals surface area (Å²) in [6.07, 6.45) is 6.31. The van der Waals surface area contributed by atoms with Crippen molar-refractivity contribution in [2.75, 3.05) is 29.1 Å². The van der Waals surface area contributed by atoms with Gasteiger partial charge in [-0.3, -0.25) is 19.8 Å². The molecule has 1 aliphatic rings. The zero-order valence-electron chi connectivity index (χ0n) is 23.3. The quantitative estimate of drug-likeness (QED) is 0.161. The lowest BCUT2D eigenvalue weighted by molar-refractivity contribution is 0.0705. The fraction of sp³-hybridized carbons (Fsp3) is 0.233. The van der Waals surface area contributed by atoms with Crippen LogP contribution >= 0.6 is 23.2 Å². The van der Waals surface area contributed by atoms with Gasteiger partial charge in [0.2, 0.25) is 5.95 Å². The molecule has 4 aromatic rings. The third-order valence-electron chi connectivity index (χ3n) is 7.40. The van der Waals surface area contributed by atoms with Crippen LogP contribution in [0.25, 0.3) is 11.3 Å². The third kappa shape index (κ3) is 7.33. The number of hydroxylamine groups is 1. The van der Waals surface area contributed by atoms with Gasteiger partial charge in [0.1, 0.15) is 0 Å². The number of anilines is 2.